The number of rotatable bonds is 6. The Balaban J connectivity index is 1.90. The number of hydrogen-bond acceptors (Lipinski definition) is 5. The van der Waals surface area contributed by atoms with Crippen LogP contribution in [0.3, 0.4) is 0 Å². The molecule has 5 nitrogen and oxygen atoms in total. The molecule has 19 heavy (non-hydrogen) atoms. The fraction of sp³-hybridized carbons (Fsp3) is 0.714. The molecule has 0 aliphatic carbocycles. The molecule has 0 amide bonds. The second-order valence-corrected chi connectivity index (χ2v) is 4.91. The summed E-state index contributed by atoms with van der Waals surface area (Å²) < 4.78 is 5.67. The molecule has 0 saturated carbocycles. The molecule has 1 fully saturated rings. The van der Waals surface area contributed by atoms with Crippen LogP contribution in [0.5, 0.6) is 0 Å². The van der Waals surface area contributed by atoms with Crippen molar-refractivity contribution in [3.05, 3.63) is 17.8 Å². The maximum atomic E-state index is 5.67. The Morgan fingerprint density at radius 1 is 1.37 bits per heavy atom. The van der Waals surface area contributed by atoms with Crippen LogP contribution in [-0.4, -0.2) is 42.5 Å². The molecule has 1 aliphatic rings. The molecule has 1 saturated heterocycles. The Bertz CT molecular complexity index is 368. The van der Waals surface area contributed by atoms with E-state index in [-0.39, 0.29) is 0 Å². The highest BCUT2D eigenvalue weighted by Crippen LogP contribution is 2.15. The quantitative estimate of drug-likeness (QED) is 0.791. The Morgan fingerprint density at radius 2 is 2.26 bits per heavy atom. The van der Waals surface area contributed by atoms with Gasteiger partial charge in [0.2, 0.25) is 0 Å². The smallest absolute Gasteiger partial charge is 0.151 e. The van der Waals surface area contributed by atoms with Gasteiger partial charge in [-0.2, -0.15) is 5.10 Å². The van der Waals surface area contributed by atoms with Crippen LogP contribution in [0.15, 0.2) is 12.1 Å². The van der Waals surface area contributed by atoms with E-state index in [2.05, 4.69) is 46.4 Å². The maximum absolute atomic E-state index is 5.67. The molecule has 0 bridgehead atoms. The second kappa shape index (κ2) is 7.40. The van der Waals surface area contributed by atoms with Gasteiger partial charge < -0.3 is 15.0 Å². The van der Waals surface area contributed by atoms with Gasteiger partial charge in [-0.15, -0.1) is 5.10 Å². The lowest BCUT2D eigenvalue weighted by atomic mass is 10.2. The van der Waals surface area contributed by atoms with Crippen molar-refractivity contribution in [2.75, 3.05) is 31.1 Å². The third-order valence-corrected chi connectivity index (χ3v) is 3.36. The average Bonchev–Trinajstić information content (AvgIpc) is 2.48. The van der Waals surface area contributed by atoms with E-state index in [1.165, 1.54) is 0 Å². The molecular weight excluding hydrogens is 240 g/mol. The number of nitrogens with zero attached hydrogens (tertiary/aromatic N) is 3. The van der Waals surface area contributed by atoms with Crippen LogP contribution < -0.4 is 10.2 Å². The summed E-state index contributed by atoms with van der Waals surface area (Å²) in [5.41, 5.74) is 0.998. The molecule has 0 spiro atoms. The zero-order valence-corrected chi connectivity index (χ0v) is 11.9. The van der Waals surface area contributed by atoms with Crippen LogP contribution in [0.4, 0.5) is 5.82 Å². The molecule has 0 aromatic carbocycles. The van der Waals surface area contributed by atoms with Gasteiger partial charge in [0.05, 0.1) is 18.4 Å². The molecule has 5 heteroatoms. The molecule has 1 atom stereocenters. The standard InChI is InChI=1S/C14H24N4O/c1-3-7-15-10-12-5-6-14(17-16-12)18-8-9-19-13(4-2)11-18/h5-6,13,15H,3-4,7-11H2,1-2H3. The van der Waals surface area contributed by atoms with Crippen LogP contribution >= 0.6 is 0 Å². The van der Waals surface area contributed by atoms with Gasteiger partial charge in [0.15, 0.2) is 5.82 Å². The summed E-state index contributed by atoms with van der Waals surface area (Å²) >= 11 is 0. The molecule has 2 rings (SSSR count). The number of ether oxygens (including phenoxy) is 1. The van der Waals surface area contributed by atoms with Gasteiger partial charge in [-0.25, -0.2) is 0 Å². The van der Waals surface area contributed by atoms with Crippen molar-refractivity contribution in [2.24, 2.45) is 0 Å². The lowest BCUT2D eigenvalue weighted by Crippen LogP contribution is -2.42. The molecular formula is C14H24N4O. The molecule has 106 valence electrons. The summed E-state index contributed by atoms with van der Waals surface area (Å²) in [5.74, 6) is 0.959. The Hall–Kier alpha value is -1.20. The molecule has 0 radical (unpaired) electrons. The highest BCUT2D eigenvalue weighted by molar-refractivity contribution is 5.37. The largest absolute Gasteiger partial charge is 0.375 e. The molecule has 1 aromatic heterocycles. The van der Waals surface area contributed by atoms with Gasteiger partial charge in [-0.05, 0) is 31.5 Å². The first-order valence-electron chi connectivity index (χ1n) is 7.23. The minimum atomic E-state index is 0.321. The van der Waals surface area contributed by atoms with Crippen molar-refractivity contribution in [3.63, 3.8) is 0 Å². The van der Waals surface area contributed by atoms with Crippen LogP contribution in [-0.2, 0) is 11.3 Å². The van der Waals surface area contributed by atoms with Crippen LogP contribution in [0.25, 0.3) is 0 Å². The Labute approximate surface area is 115 Å². The second-order valence-electron chi connectivity index (χ2n) is 4.91. The monoisotopic (exact) mass is 264 g/mol. The zero-order valence-electron chi connectivity index (χ0n) is 11.9. The van der Waals surface area contributed by atoms with Gasteiger partial charge >= 0.3 is 0 Å². The summed E-state index contributed by atoms with van der Waals surface area (Å²) in [4.78, 5) is 2.26. The SMILES string of the molecule is CCCNCc1ccc(N2CCOC(CC)C2)nn1. The van der Waals surface area contributed by atoms with E-state index in [9.17, 15) is 0 Å². The number of hydrogen-bond donors (Lipinski definition) is 1. The molecule has 1 aromatic rings. The predicted molar refractivity (Wildman–Crippen MR) is 76.3 cm³/mol. The van der Waals surface area contributed by atoms with Crippen molar-refractivity contribution < 1.29 is 4.74 Å². The third kappa shape index (κ3) is 4.14. The van der Waals surface area contributed by atoms with Crippen LogP contribution in [0, 0.1) is 0 Å². The van der Waals surface area contributed by atoms with Crippen molar-refractivity contribution in [2.45, 2.75) is 39.3 Å². The van der Waals surface area contributed by atoms with E-state index in [1.54, 1.807) is 0 Å². The first-order valence-corrected chi connectivity index (χ1v) is 7.23. The summed E-state index contributed by atoms with van der Waals surface area (Å²) in [6, 6.07) is 4.12. The van der Waals surface area contributed by atoms with E-state index in [0.29, 0.717) is 6.10 Å². The van der Waals surface area contributed by atoms with Gasteiger partial charge in [0.25, 0.3) is 0 Å². The fourth-order valence-electron chi connectivity index (χ4n) is 2.18. The topological polar surface area (TPSA) is 50.3 Å². The highest BCUT2D eigenvalue weighted by Gasteiger charge is 2.20. The third-order valence-electron chi connectivity index (χ3n) is 3.36. The van der Waals surface area contributed by atoms with Crippen molar-refractivity contribution in [1.29, 1.82) is 0 Å². The first kappa shape index (κ1) is 14.2. The van der Waals surface area contributed by atoms with E-state index in [4.69, 9.17) is 4.74 Å². The van der Waals surface area contributed by atoms with Gasteiger partial charge in [-0.3, -0.25) is 0 Å². The number of morpholine rings is 1. The van der Waals surface area contributed by atoms with Crippen LogP contribution in [0.2, 0.25) is 0 Å². The normalized spacial score (nSPS) is 19.7. The summed E-state index contributed by atoms with van der Waals surface area (Å²) in [5, 5.41) is 11.9. The fourth-order valence-corrected chi connectivity index (χ4v) is 2.18. The minimum absolute atomic E-state index is 0.321. The van der Waals surface area contributed by atoms with E-state index >= 15 is 0 Å². The van der Waals surface area contributed by atoms with Crippen molar-refractivity contribution in [3.8, 4) is 0 Å². The van der Waals surface area contributed by atoms with E-state index in [0.717, 1.165) is 57.1 Å². The Morgan fingerprint density at radius 3 is 2.95 bits per heavy atom. The summed E-state index contributed by atoms with van der Waals surface area (Å²) in [6.45, 7) is 8.72. The summed E-state index contributed by atoms with van der Waals surface area (Å²) in [6.07, 6.45) is 2.50. The van der Waals surface area contributed by atoms with Gasteiger partial charge in [0.1, 0.15) is 0 Å². The average molecular weight is 264 g/mol. The first-order chi connectivity index (χ1) is 9.33. The highest BCUT2D eigenvalue weighted by atomic mass is 16.5. The zero-order chi connectivity index (χ0) is 13.5. The van der Waals surface area contributed by atoms with Gasteiger partial charge in [0, 0.05) is 19.6 Å². The number of nitrogens with one attached hydrogen (secondary N) is 1. The predicted octanol–water partition coefficient (Wildman–Crippen LogP) is 1.59. The molecule has 1 N–H and O–H groups in total. The van der Waals surface area contributed by atoms with Crippen LogP contribution in [0.1, 0.15) is 32.4 Å². The Kier molecular flexibility index (Phi) is 5.54. The number of aromatic nitrogens is 2. The molecule has 1 unspecified atom stereocenters. The molecule has 1 aliphatic heterocycles. The number of anilines is 1. The van der Waals surface area contributed by atoms with Crippen molar-refractivity contribution in [1.82, 2.24) is 15.5 Å². The van der Waals surface area contributed by atoms with E-state index < -0.39 is 0 Å². The minimum Gasteiger partial charge on any atom is -0.375 e. The maximum Gasteiger partial charge on any atom is 0.151 e. The van der Waals surface area contributed by atoms with E-state index in [1.807, 2.05) is 0 Å². The lowest BCUT2D eigenvalue weighted by Gasteiger charge is -2.32. The lowest BCUT2D eigenvalue weighted by molar-refractivity contribution is 0.0381. The molecule has 2 heterocycles. The van der Waals surface area contributed by atoms with Gasteiger partial charge in [-0.1, -0.05) is 13.8 Å². The van der Waals surface area contributed by atoms with Crippen molar-refractivity contribution >= 4 is 5.82 Å². The summed E-state index contributed by atoms with van der Waals surface area (Å²) in [7, 11) is 0.